The van der Waals surface area contributed by atoms with E-state index in [1.54, 1.807) is 25.9 Å². The van der Waals surface area contributed by atoms with Gasteiger partial charge < -0.3 is 10.5 Å². The Kier molecular flexibility index (Phi) is 4.10. The summed E-state index contributed by atoms with van der Waals surface area (Å²) in [6, 6.07) is 8.04. The molecule has 2 aliphatic rings. The average molecular weight is 331 g/mol. The van der Waals surface area contributed by atoms with Crippen molar-refractivity contribution in [2.75, 3.05) is 14.2 Å². The summed E-state index contributed by atoms with van der Waals surface area (Å²) >= 11 is 1.73. The number of carbonyl (C=O) groups excluding carboxylic acids is 1. The Morgan fingerprint density at radius 3 is 2.96 bits per heavy atom. The van der Waals surface area contributed by atoms with Gasteiger partial charge in [-0.2, -0.15) is 0 Å². The Labute approximate surface area is 140 Å². The molecule has 1 amide bonds. The van der Waals surface area contributed by atoms with Gasteiger partial charge in [-0.15, -0.1) is 11.8 Å². The predicted molar refractivity (Wildman–Crippen MR) is 94.4 cm³/mol. The van der Waals surface area contributed by atoms with E-state index >= 15 is 0 Å². The smallest absolute Gasteiger partial charge is 0.231 e. The van der Waals surface area contributed by atoms with Crippen LogP contribution in [0.1, 0.15) is 25.3 Å². The highest BCUT2D eigenvalue weighted by atomic mass is 32.2. The molecule has 23 heavy (non-hydrogen) atoms. The molecule has 0 unspecified atom stereocenters. The van der Waals surface area contributed by atoms with Crippen LogP contribution in [0, 0.1) is 0 Å². The summed E-state index contributed by atoms with van der Waals surface area (Å²) in [4.78, 5) is 18.2. The standard InChI is InChI=1S/C17H21N3O2S/c1-17(9-15(21)20(2)16(18)19-17)14-8-12(10-23-14)11-5-4-6-13(7-11)22-3/h4-7,10,14H,8-9H2,1-3H3,(H2,18,19)/t14-,17+/m1/s1. The van der Waals surface area contributed by atoms with Gasteiger partial charge in [0, 0.05) is 12.3 Å². The maximum absolute atomic E-state index is 12.1. The molecule has 0 saturated carbocycles. The Bertz CT molecular complexity index is 701. The van der Waals surface area contributed by atoms with Crippen molar-refractivity contribution >= 4 is 29.2 Å². The molecule has 1 aromatic rings. The Morgan fingerprint density at radius 2 is 2.26 bits per heavy atom. The van der Waals surface area contributed by atoms with Gasteiger partial charge in [0.25, 0.3) is 0 Å². The Balaban J connectivity index is 1.80. The van der Waals surface area contributed by atoms with E-state index in [2.05, 4.69) is 16.5 Å². The third kappa shape index (κ3) is 2.95. The molecule has 2 heterocycles. The van der Waals surface area contributed by atoms with Crippen molar-refractivity contribution in [1.29, 1.82) is 0 Å². The zero-order chi connectivity index (χ0) is 16.6. The Morgan fingerprint density at radius 1 is 1.48 bits per heavy atom. The summed E-state index contributed by atoms with van der Waals surface area (Å²) in [6.45, 7) is 2.02. The van der Waals surface area contributed by atoms with Crippen LogP contribution in [-0.4, -0.2) is 41.7 Å². The lowest BCUT2D eigenvalue weighted by atomic mass is 9.87. The van der Waals surface area contributed by atoms with Crippen LogP contribution in [0.2, 0.25) is 0 Å². The molecular formula is C17H21N3O2S. The summed E-state index contributed by atoms with van der Waals surface area (Å²) in [6.07, 6.45) is 1.25. The monoisotopic (exact) mass is 331 g/mol. The molecule has 0 saturated heterocycles. The van der Waals surface area contributed by atoms with Gasteiger partial charge in [-0.25, -0.2) is 4.99 Å². The number of hydrogen-bond donors (Lipinski definition) is 1. The highest BCUT2D eigenvalue weighted by Crippen LogP contribution is 2.45. The summed E-state index contributed by atoms with van der Waals surface area (Å²) < 4.78 is 5.29. The van der Waals surface area contributed by atoms with E-state index in [1.165, 1.54) is 10.5 Å². The fourth-order valence-electron chi connectivity index (χ4n) is 2.95. The largest absolute Gasteiger partial charge is 0.497 e. The van der Waals surface area contributed by atoms with Crippen molar-refractivity contribution in [2.24, 2.45) is 10.7 Å². The van der Waals surface area contributed by atoms with Crippen molar-refractivity contribution in [3.05, 3.63) is 35.2 Å². The minimum Gasteiger partial charge on any atom is -0.497 e. The van der Waals surface area contributed by atoms with E-state index in [0.717, 1.165) is 17.7 Å². The summed E-state index contributed by atoms with van der Waals surface area (Å²) in [7, 11) is 3.34. The SMILES string of the molecule is COc1cccc(C2=CS[C@@H]([C@]3(C)CC(=O)N(C)C(N)=N3)C2)c1. The van der Waals surface area contributed by atoms with Crippen molar-refractivity contribution in [2.45, 2.75) is 30.6 Å². The van der Waals surface area contributed by atoms with Crippen molar-refractivity contribution in [1.82, 2.24) is 4.90 Å². The second-order valence-electron chi connectivity index (χ2n) is 6.16. The molecule has 6 heteroatoms. The molecule has 0 aliphatic carbocycles. The van der Waals surface area contributed by atoms with Crippen LogP contribution >= 0.6 is 11.8 Å². The highest BCUT2D eigenvalue weighted by molar-refractivity contribution is 8.03. The number of amides is 1. The molecule has 0 bridgehead atoms. The number of rotatable bonds is 3. The molecule has 0 spiro atoms. The van der Waals surface area contributed by atoms with Crippen LogP contribution in [-0.2, 0) is 4.79 Å². The van der Waals surface area contributed by atoms with E-state index in [-0.39, 0.29) is 11.2 Å². The number of aliphatic imine (C=N–C) groups is 1. The van der Waals surface area contributed by atoms with Crippen LogP contribution in [0.25, 0.3) is 5.57 Å². The van der Waals surface area contributed by atoms with E-state index in [1.807, 2.05) is 25.1 Å². The van der Waals surface area contributed by atoms with Crippen LogP contribution in [0.15, 0.2) is 34.7 Å². The highest BCUT2D eigenvalue weighted by Gasteiger charge is 2.43. The van der Waals surface area contributed by atoms with Crippen LogP contribution in [0.4, 0.5) is 0 Å². The van der Waals surface area contributed by atoms with Gasteiger partial charge in [0.1, 0.15) is 5.75 Å². The lowest BCUT2D eigenvalue weighted by Gasteiger charge is -2.37. The molecule has 2 N–H and O–H groups in total. The first-order chi connectivity index (χ1) is 10.9. The minimum absolute atomic E-state index is 0.0235. The zero-order valence-corrected chi connectivity index (χ0v) is 14.4. The van der Waals surface area contributed by atoms with E-state index < -0.39 is 5.54 Å². The van der Waals surface area contributed by atoms with Gasteiger partial charge in [-0.1, -0.05) is 12.1 Å². The number of nitrogens with zero attached hydrogens (tertiary/aromatic N) is 2. The number of ether oxygens (including phenoxy) is 1. The molecule has 0 fully saturated rings. The molecule has 0 aromatic heterocycles. The fraction of sp³-hybridized carbons (Fsp3) is 0.412. The topological polar surface area (TPSA) is 67.9 Å². The van der Waals surface area contributed by atoms with Gasteiger partial charge in [0.05, 0.1) is 19.1 Å². The molecule has 122 valence electrons. The van der Waals surface area contributed by atoms with Gasteiger partial charge >= 0.3 is 0 Å². The number of guanidine groups is 1. The van der Waals surface area contributed by atoms with Crippen LogP contribution in [0.5, 0.6) is 5.75 Å². The number of carbonyl (C=O) groups is 1. The quantitative estimate of drug-likeness (QED) is 0.924. The average Bonchev–Trinajstić information content (AvgIpc) is 3.03. The predicted octanol–water partition coefficient (Wildman–Crippen LogP) is 2.48. The van der Waals surface area contributed by atoms with E-state index in [0.29, 0.717) is 12.4 Å². The minimum atomic E-state index is -0.463. The molecular weight excluding hydrogens is 310 g/mol. The zero-order valence-electron chi connectivity index (χ0n) is 13.6. The summed E-state index contributed by atoms with van der Waals surface area (Å²) in [5.41, 5.74) is 7.85. The normalized spacial score (nSPS) is 27.7. The molecule has 5 nitrogen and oxygen atoms in total. The van der Waals surface area contributed by atoms with E-state index in [4.69, 9.17) is 10.5 Å². The number of thioether (sulfide) groups is 1. The first kappa shape index (κ1) is 15.9. The molecule has 3 rings (SSSR count). The Hall–Kier alpha value is -1.95. The number of allylic oxidation sites excluding steroid dienone is 1. The van der Waals surface area contributed by atoms with Crippen LogP contribution in [0.3, 0.4) is 0 Å². The summed E-state index contributed by atoms with van der Waals surface area (Å²) in [5, 5.41) is 2.37. The van der Waals surface area contributed by atoms with E-state index in [9.17, 15) is 4.79 Å². The van der Waals surface area contributed by atoms with Gasteiger partial charge in [-0.3, -0.25) is 9.69 Å². The number of hydrogen-bond acceptors (Lipinski definition) is 5. The second kappa shape index (κ2) is 5.92. The summed E-state index contributed by atoms with van der Waals surface area (Å²) in [5.74, 6) is 1.18. The maximum Gasteiger partial charge on any atom is 0.231 e. The number of benzene rings is 1. The fourth-order valence-corrected chi connectivity index (χ4v) is 4.22. The van der Waals surface area contributed by atoms with Crippen molar-refractivity contribution in [3.63, 3.8) is 0 Å². The van der Waals surface area contributed by atoms with Crippen molar-refractivity contribution < 1.29 is 9.53 Å². The van der Waals surface area contributed by atoms with Crippen molar-refractivity contribution in [3.8, 4) is 5.75 Å². The van der Waals surface area contributed by atoms with Gasteiger partial charge in [-0.05, 0) is 42.0 Å². The second-order valence-corrected chi connectivity index (χ2v) is 7.24. The third-order valence-corrected chi connectivity index (χ3v) is 5.93. The van der Waals surface area contributed by atoms with Gasteiger partial charge in [0.15, 0.2) is 5.96 Å². The maximum atomic E-state index is 12.1. The first-order valence-electron chi connectivity index (χ1n) is 7.54. The lowest BCUT2D eigenvalue weighted by Crippen LogP contribution is -2.51. The molecule has 2 atom stereocenters. The lowest BCUT2D eigenvalue weighted by molar-refractivity contribution is -0.128. The molecule has 2 aliphatic heterocycles. The third-order valence-electron chi connectivity index (χ3n) is 4.51. The first-order valence-corrected chi connectivity index (χ1v) is 8.48. The number of methoxy groups -OCH3 is 1. The molecule has 0 radical (unpaired) electrons. The number of nitrogens with two attached hydrogens (primary N) is 1. The van der Waals surface area contributed by atoms with Crippen LogP contribution < -0.4 is 10.5 Å². The molecule has 1 aromatic carbocycles. The van der Waals surface area contributed by atoms with Gasteiger partial charge in [0.2, 0.25) is 5.91 Å².